The lowest BCUT2D eigenvalue weighted by Gasteiger charge is -2.31. The lowest BCUT2D eigenvalue weighted by molar-refractivity contribution is -0.134. The first-order chi connectivity index (χ1) is 16.3. The number of methoxy groups -OCH3 is 1. The quantitative estimate of drug-likeness (QED) is 0.353. The van der Waals surface area contributed by atoms with E-state index in [1.165, 1.54) is 0 Å². The molecular weight excluding hydrogens is 440 g/mol. The van der Waals surface area contributed by atoms with Gasteiger partial charge in [-0.05, 0) is 51.3 Å². The van der Waals surface area contributed by atoms with Crippen LogP contribution in [0.5, 0.6) is 0 Å². The number of carboxylic acid groups (broad SMARTS) is 2. The number of ether oxygens (including phenoxy) is 1. The topological polar surface area (TPSA) is 134 Å². The van der Waals surface area contributed by atoms with Crippen molar-refractivity contribution in [3.8, 4) is 0 Å². The normalized spacial score (nSPS) is 14.6. The molecule has 0 atom stereocenters. The molecule has 34 heavy (non-hydrogen) atoms. The predicted molar refractivity (Wildman–Crippen MR) is 128 cm³/mol. The first kappa shape index (κ1) is 27.0. The molecule has 1 aromatic heterocycles. The maximum Gasteiger partial charge on any atom is 0.328 e. The van der Waals surface area contributed by atoms with E-state index in [1.54, 1.807) is 7.11 Å². The van der Waals surface area contributed by atoms with Gasteiger partial charge in [0.15, 0.2) is 0 Å². The van der Waals surface area contributed by atoms with Crippen LogP contribution in [-0.4, -0.2) is 82.6 Å². The smallest absolute Gasteiger partial charge is 0.328 e. The van der Waals surface area contributed by atoms with Crippen molar-refractivity contribution in [2.75, 3.05) is 39.9 Å². The number of rotatable bonds is 10. The molecule has 3 N–H and O–H groups in total. The molecule has 0 aliphatic carbocycles. The van der Waals surface area contributed by atoms with Gasteiger partial charge in [0, 0.05) is 57.1 Å². The van der Waals surface area contributed by atoms with Crippen molar-refractivity contribution in [2.24, 2.45) is 5.92 Å². The molecule has 1 amide bonds. The first-order valence-corrected chi connectivity index (χ1v) is 11.4. The molecule has 0 bridgehead atoms. The van der Waals surface area contributed by atoms with E-state index in [1.807, 2.05) is 36.0 Å². The summed E-state index contributed by atoms with van der Waals surface area (Å²) in [5, 5.41) is 24.3. The molecule has 1 fully saturated rings. The highest BCUT2D eigenvalue weighted by Gasteiger charge is 2.20. The molecule has 1 aliphatic rings. The van der Waals surface area contributed by atoms with Crippen LogP contribution in [0, 0.1) is 5.92 Å². The number of carbonyl (C=O) groups is 3. The third-order valence-electron chi connectivity index (χ3n) is 5.60. The number of aromatic nitrogens is 2. The van der Waals surface area contributed by atoms with Crippen LogP contribution in [0.15, 0.2) is 36.5 Å². The summed E-state index contributed by atoms with van der Waals surface area (Å²) in [4.78, 5) is 34.3. The standard InChI is InChI=1S/C20H30N4O2.C4H4O4/c1-3-24-15-17-6-4-7-18(19(17)22-24)20(25)21-14-16-8-11-23(12-9-16)10-5-13-26-2;5-3(6)1-2-4(7)8/h4,6-7,15-16H,3,5,8-14H2,1-2H3,(H,21,25);1-2H,(H,5,6)(H,7,8). The van der Waals surface area contributed by atoms with E-state index in [2.05, 4.69) is 15.3 Å². The number of nitrogens with zero attached hydrogens (tertiary/aromatic N) is 3. The second-order valence-corrected chi connectivity index (χ2v) is 8.08. The maximum atomic E-state index is 12.7. The molecule has 10 heteroatoms. The van der Waals surface area contributed by atoms with Gasteiger partial charge in [0.25, 0.3) is 5.91 Å². The Morgan fingerprint density at radius 1 is 1.18 bits per heavy atom. The number of hydrogen-bond donors (Lipinski definition) is 3. The van der Waals surface area contributed by atoms with Crippen LogP contribution in [0.1, 0.15) is 36.5 Å². The van der Waals surface area contributed by atoms with Gasteiger partial charge in [-0.2, -0.15) is 5.10 Å². The Hall–Kier alpha value is -3.24. The maximum absolute atomic E-state index is 12.7. The molecule has 0 saturated carbocycles. The number of hydrogen-bond acceptors (Lipinski definition) is 6. The van der Waals surface area contributed by atoms with Gasteiger partial charge in [-0.1, -0.05) is 12.1 Å². The van der Waals surface area contributed by atoms with Gasteiger partial charge in [0.1, 0.15) is 5.52 Å². The Kier molecular flexibility index (Phi) is 11.2. The highest BCUT2D eigenvalue weighted by atomic mass is 16.5. The van der Waals surface area contributed by atoms with E-state index in [-0.39, 0.29) is 5.91 Å². The van der Waals surface area contributed by atoms with E-state index in [4.69, 9.17) is 14.9 Å². The first-order valence-electron chi connectivity index (χ1n) is 11.4. The molecule has 0 spiro atoms. The Balaban J connectivity index is 0.000000440. The number of aryl methyl sites for hydroxylation is 1. The minimum absolute atomic E-state index is 0.0144. The van der Waals surface area contributed by atoms with Gasteiger partial charge < -0.3 is 25.2 Å². The third-order valence-corrected chi connectivity index (χ3v) is 5.60. The molecule has 0 unspecified atom stereocenters. The van der Waals surface area contributed by atoms with Crippen LogP contribution < -0.4 is 5.32 Å². The zero-order valence-corrected chi connectivity index (χ0v) is 19.8. The average Bonchev–Trinajstić information content (AvgIpc) is 3.26. The van der Waals surface area contributed by atoms with Gasteiger partial charge in [-0.3, -0.25) is 9.48 Å². The lowest BCUT2D eigenvalue weighted by Crippen LogP contribution is -2.39. The number of carboxylic acids is 2. The number of carbonyl (C=O) groups excluding carboxylic acids is 1. The Labute approximate surface area is 199 Å². The minimum atomic E-state index is -1.26. The van der Waals surface area contributed by atoms with Crippen molar-refractivity contribution in [3.63, 3.8) is 0 Å². The lowest BCUT2D eigenvalue weighted by atomic mass is 9.96. The van der Waals surface area contributed by atoms with E-state index in [9.17, 15) is 14.4 Å². The summed E-state index contributed by atoms with van der Waals surface area (Å²) in [7, 11) is 1.75. The number of piperidine rings is 1. The molecule has 1 aliphatic heterocycles. The van der Waals surface area contributed by atoms with Crippen LogP contribution in [0.4, 0.5) is 0 Å². The fourth-order valence-electron chi connectivity index (χ4n) is 3.76. The van der Waals surface area contributed by atoms with Crippen LogP contribution in [0.25, 0.3) is 10.9 Å². The summed E-state index contributed by atoms with van der Waals surface area (Å²) >= 11 is 0. The van der Waals surface area contributed by atoms with Gasteiger partial charge >= 0.3 is 11.9 Å². The molecule has 3 rings (SSSR count). The highest BCUT2D eigenvalue weighted by molar-refractivity contribution is 6.05. The predicted octanol–water partition coefficient (Wildman–Crippen LogP) is 2.25. The van der Waals surface area contributed by atoms with Gasteiger partial charge in [-0.25, -0.2) is 9.59 Å². The SMILES string of the molecule is CCn1cc2cccc(C(=O)NCC3CCN(CCCOC)CC3)c2n1.O=C(O)C=CC(=O)O. The van der Waals surface area contributed by atoms with E-state index in [0.29, 0.717) is 23.6 Å². The Bertz CT molecular complexity index is 963. The molecule has 186 valence electrons. The van der Waals surface area contributed by atoms with Crippen LogP contribution in [-0.2, 0) is 20.9 Å². The van der Waals surface area contributed by atoms with Crippen LogP contribution >= 0.6 is 0 Å². The van der Waals surface area contributed by atoms with E-state index in [0.717, 1.165) is 69.5 Å². The molecule has 10 nitrogen and oxygen atoms in total. The largest absolute Gasteiger partial charge is 0.478 e. The highest BCUT2D eigenvalue weighted by Crippen LogP contribution is 2.19. The minimum Gasteiger partial charge on any atom is -0.478 e. The van der Waals surface area contributed by atoms with Crippen molar-refractivity contribution < 1.29 is 29.3 Å². The zero-order valence-electron chi connectivity index (χ0n) is 19.8. The van der Waals surface area contributed by atoms with Crippen molar-refractivity contribution in [3.05, 3.63) is 42.1 Å². The number of aliphatic carboxylic acids is 2. The second-order valence-electron chi connectivity index (χ2n) is 8.08. The second kappa shape index (κ2) is 14.1. The summed E-state index contributed by atoms with van der Waals surface area (Å²) in [6.07, 6.45) is 6.48. The summed E-state index contributed by atoms with van der Waals surface area (Å²) in [5.41, 5.74) is 1.46. The Morgan fingerprint density at radius 3 is 2.44 bits per heavy atom. The molecule has 2 aromatic rings. The van der Waals surface area contributed by atoms with E-state index < -0.39 is 11.9 Å². The van der Waals surface area contributed by atoms with Crippen molar-refractivity contribution in [1.29, 1.82) is 0 Å². The van der Waals surface area contributed by atoms with Gasteiger partial charge in [-0.15, -0.1) is 0 Å². The van der Waals surface area contributed by atoms with Crippen molar-refractivity contribution in [2.45, 2.75) is 32.7 Å². The average molecular weight is 475 g/mol. The summed E-state index contributed by atoms with van der Waals surface area (Å²) in [5.74, 6) is -1.97. The number of likely N-dealkylation sites (tertiary alicyclic amines) is 1. The fourth-order valence-corrected chi connectivity index (χ4v) is 3.76. The molecule has 0 radical (unpaired) electrons. The van der Waals surface area contributed by atoms with Crippen molar-refractivity contribution in [1.82, 2.24) is 20.0 Å². The summed E-state index contributed by atoms with van der Waals surface area (Å²) in [6.45, 7) is 7.76. The molecule has 1 aromatic carbocycles. The Morgan fingerprint density at radius 2 is 1.85 bits per heavy atom. The summed E-state index contributed by atoms with van der Waals surface area (Å²) < 4.78 is 7.00. The van der Waals surface area contributed by atoms with Crippen LogP contribution in [0.2, 0.25) is 0 Å². The zero-order chi connectivity index (χ0) is 24.9. The molecule has 1 saturated heterocycles. The van der Waals surface area contributed by atoms with Crippen molar-refractivity contribution >= 4 is 28.7 Å². The summed E-state index contributed by atoms with van der Waals surface area (Å²) in [6, 6.07) is 5.80. The fraction of sp³-hybridized carbons (Fsp3) is 0.500. The van der Waals surface area contributed by atoms with Gasteiger partial charge in [0.05, 0.1) is 5.56 Å². The van der Waals surface area contributed by atoms with E-state index >= 15 is 0 Å². The number of amides is 1. The number of nitrogens with one attached hydrogen (secondary N) is 1. The third kappa shape index (κ3) is 8.95. The van der Waals surface area contributed by atoms with Crippen LogP contribution in [0.3, 0.4) is 0 Å². The number of fused-ring (bicyclic) bond motifs is 1. The van der Waals surface area contributed by atoms with Gasteiger partial charge in [0.2, 0.25) is 0 Å². The monoisotopic (exact) mass is 474 g/mol. The molecular formula is C24H34N4O6. The molecule has 2 heterocycles. The number of benzene rings is 1.